The third-order valence-electron chi connectivity index (χ3n) is 4.80. The number of benzene rings is 2. The number of nitrogens with one attached hydrogen (secondary N) is 1. The Morgan fingerprint density at radius 2 is 1.88 bits per heavy atom. The van der Waals surface area contributed by atoms with E-state index in [-0.39, 0.29) is 16.9 Å². The van der Waals surface area contributed by atoms with Gasteiger partial charge in [-0.3, -0.25) is 19.7 Å². The smallest absolute Gasteiger partial charge is 0.305 e. The SMILES string of the molecule is CC(=O)NN(C(C=O)CC(=O)O)S(=O)(=O)c1ccccc1O[C@H](C)Cn1ncc2ccccc21. The molecule has 0 radical (unpaired) electrons. The minimum atomic E-state index is -4.57. The van der Waals surface area contributed by atoms with Crippen molar-refractivity contribution >= 4 is 39.1 Å². The number of aldehydes is 1. The Labute approximate surface area is 195 Å². The fourth-order valence-corrected chi connectivity index (χ4v) is 4.94. The average molecular weight is 489 g/mol. The largest absolute Gasteiger partial charge is 0.487 e. The molecule has 2 atom stereocenters. The fourth-order valence-electron chi connectivity index (χ4n) is 3.38. The molecule has 1 amide bonds. The Morgan fingerprint density at radius 3 is 2.56 bits per heavy atom. The van der Waals surface area contributed by atoms with Crippen LogP contribution in [0.1, 0.15) is 20.3 Å². The Kier molecular flexibility index (Phi) is 7.64. The summed E-state index contributed by atoms with van der Waals surface area (Å²) in [5, 5.41) is 14.4. The molecule has 0 spiro atoms. The highest BCUT2D eigenvalue weighted by Gasteiger charge is 2.36. The maximum absolute atomic E-state index is 13.4. The minimum Gasteiger partial charge on any atom is -0.487 e. The standard InChI is InChI=1S/C22H24N4O7S/c1-15(13-25-19-8-4-3-7-17(19)12-23-25)33-20-9-5-6-10-21(20)34(31,32)26(24-16(2)28)18(14-27)11-22(29)30/h3-10,12,14-15,18H,11,13H2,1-2H3,(H,24,28)(H,29,30)/t15-,18?/m1/s1. The van der Waals surface area contributed by atoms with Gasteiger partial charge in [-0.1, -0.05) is 34.7 Å². The number of hydrogen-bond donors (Lipinski definition) is 2. The first-order valence-corrected chi connectivity index (χ1v) is 11.7. The minimum absolute atomic E-state index is 0.0261. The zero-order chi connectivity index (χ0) is 24.9. The topological polar surface area (TPSA) is 148 Å². The molecular weight excluding hydrogens is 464 g/mol. The van der Waals surface area contributed by atoms with Crippen molar-refractivity contribution in [3.05, 3.63) is 54.7 Å². The zero-order valence-electron chi connectivity index (χ0n) is 18.5. The van der Waals surface area contributed by atoms with Crippen molar-refractivity contribution in [1.82, 2.24) is 19.6 Å². The van der Waals surface area contributed by atoms with E-state index < -0.39 is 40.5 Å². The number of rotatable bonds is 11. The van der Waals surface area contributed by atoms with E-state index in [9.17, 15) is 22.8 Å². The number of carbonyl (C=O) groups is 3. The van der Waals surface area contributed by atoms with Crippen molar-refractivity contribution in [3.8, 4) is 5.75 Å². The van der Waals surface area contributed by atoms with Crippen LogP contribution in [0, 0.1) is 0 Å². The molecule has 180 valence electrons. The number of ether oxygens (including phenoxy) is 1. The van der Waals surface area contributed by atoms with Gasteiger partial charge in [0, 0.05) is 12.3 Å². The van der Waals surface area contributed by atoms with Crippen molar-refractivity contribution < 1.29 is 32.6 Å². The van der Waals surface area contributed by atoms with E-state index in [0.717, 1.165) is 17.8 Å². The summed E-state index contributed by atoms with van der Waals surface area (Å²) in [6, 6.07) is 11.6. The number of hydrogen-bond acceptors (Lipinski definition) is 7. The molecule has 0 aliphatic carbocycles. The van der Waals surface area contributed by atoms with Crippen molar-refractivity contribution in [2.75, 3.05) is 0 Å². The molecule has 0 bridgehead atoms. The van der Waals surface area contributed by atoms with E-state index in [4.69, 9.17) is 9.84 Å². The number of aromatic nitrogens is 2. The molecule has 2 aromatic carbocycles. The van der Waals surface area contributed by atoms with Gasteiger partial charge in [-0.2, -0.15) is 5.10 Å². The summed E-state index contributed by atoms with van der Waals surface area (Å²) >= 11 is 0. The highest BCUT2D eigenvalue weighted by Crippen LogP contribution is 2.28. The van der Waals surface area contributed by atoms with Gasteiger partial charge in [0.15, 0.2) is 0 Å². The van der Waals surface area contributed by atoms with Gasteiger partial charge in [0.1, 0.15) is 29.1 Å². The Morgan fingerprint density at radius 1 is 1.21 bits per heavy atom. The third-order valence-corrected chi connectivity index (χ3v) is 6.58. The quantitative estimate of drug-likeness (QED) is 0.305. The predicted molar refractivity (Wildman–Crippen MR) is 121 cm³/mol. The lowest BCUT2D eigenvalue weighted by Gasteiger charge is -2.27. The van der Waals surface area contributed by atoms with Gasteiger partial charge in [-0.05, 0) is 25.1 Å². The van der Waals surface area contributed by atoms with Gasteiger partial charge in [0.25, 0.3) is 10.0 Å². The van der Waals surface area contributed by atoms with Crippen molar-refractivity contribution in [2.24, 2.45) is 0 Å². The molecular formula is C22H24N4O7S. The molecule has 1 aromatic heterocycles. The van der Waals surface area contributed by atoms with E-state index in [1.807, 2.05) is 24.3 Å². The van der Waals surface area contributed by atoms with Gasteiger partial charge < -0.3 is 14.6 Å². The maximum Gasteiger partial charge on any atom is 0.305 e. The van der Waals surface area contributed by atoms with E-state index in [1.165, 1.54) is 18.2 Å². The maximum atomic E-state index is 13.4. The number of carboxylic acids is 1. The first-order chi connectivity index (χ1) is 16.1. The predicted octanol–water partition coefficient (Wildman–Crippen LogP) is 1.59. The third kappa shape index (κ3) is 5.58. The number of hydrazine groups is 1. The highest BCUT2D eigenvalue weighted by atomic mass is 32.2. The second kappa shape index (κ2) is 10.4. The number of nitrogens with zero attached hydrogens (tertiary/aromatic N) is 3. The molecule has 34 heavy (non-hydrogen) atoms. The van der Waals surface area contributed by atoms with Crippen LogP contribution in [0.2, 0.25) is 0 Å². The van der Waals surface area contributed by atoms with Gasteiger partial charge in [0.05, 0.1) is 24.7 Å². The first-order valence-electron chi connectivity index (χ1n) is 10.3. The van der Waals surface area contributed by atoms with E-state index in [2.05, 4.69) is 10.5 Å². The number of sulfonamides is 1. The Bertz CT molecular complexity index is 1310. The number of carbonyl (C=O) groups excluding carboxylic acids is 2. The van der Waals surface area contributed by atoms with Crippen LogP contribution < -0.4 is 10.2 Å². The van der Waals surface area contributed by atoms with E-state index >= 15 is 0 Å². The summed E-state index contributed by atoms with van der Waals surface area (Å²) in [5.74, 6) is -2.23. The summed E-state index contributed by atoms with van der Waals surface area (Å²) < 4.78 is 34.8. The summed E-state index contributed by atoms with van der Waals surface area (Å²) in [4.78, 5) is 34.0. The molecule has 1 heterocycles. The number of para-hydroxylation sites is 2. The molecule has 0 aliphatic rings. The molecule has 2 N–H and O–H groups in total. The van der Waals surface area contributed by atoms with Crippen LogP contribution >= 0.6 is 0 Å². The van der Waals surface area contributed by atoms with Crippen LogP contribution in [0.3, 0.4) is 0 Å². The molecule has 0 fully saturated rings. The van der Waals surface area contributed by atoms with E-state index in [1.54, 1.807) is 23.9 Å². The molecule has 0 aliphatic heterocycles. The molecule has 3 rings (SSSR count). The normalized spacial score (nSPS) is 13.4. The summed E-state index contributed by atoms with van der Waals surface area (Å²) in [6.45, 7) is 3.10. The van der Waals surface area contributed by atoms with Crippen LogP contribution in [-0.4, -0.2) is 58.0 Å². The lowest BCUT2D eigenvalue weighted by atomic mass is 10.2. The summed E-state index contributed by atoms with van der Waals surface area (Å²) in [5.41, 5.74) is 2.94. The summed E-state index contributed by atoms with van der Waals surface area (Å²) in [7, 11) is -4.57. The lowest BCUT2D eigenvalue weighted by Crippen LogP contribution is -2.52. The number of amides is 1. The second-order valence-electron chi connectivity index (χ2n) is 7.53. The van der Waals surface area contributed by atoms with Gasteiger partial charge in [-0.25, -0.2) is 8.42 Å². The molecule has 11 nitrogen and oxygen atoms in total. The van der Waals surface area contributed by atoms with Crippen LogP contribution in [-0.2, 0) is 31.0 Å². The molecule has 0 saturated carbocycles. The Hall–Kier alpha value is -3.77. The molecule has 12 heteroatoms. The van der Waals surface area contributed by atoms with Gasteiger partial charge in [-0.15, -0.1) is 0 Å². The fraction of sp³-hybridized carbons (Fsp3) is 0.273. The van der Waals surface area contributed by atoms with Gasteiger partial charge >= 0.3 is 5.97 Å². The second-order valence-corrected chi connectivity index (χ2v) is 9.31. The van der Waals surface area contributed by atoms with Crippen molar-refractivity contribution in [2.45, 2.75) is 43.9 Å². The zero-order valence-corrected chi connectivity index (χ0v) is 19.3. The highest BCUT2D eigenvalue weighted by molar-refractivity contribution is 7.89. The lowest BCUT2D eigenvalue weighted by molar-refractivity contribution is -0.140. The monoisotopic (exact) mass is 488 g/mol. The number of aliphatic carboxylic acids is 1. The number of fused-ring (bicyclic) bond motifs is 1. The van der Waals surface area contributed by atoms with Gasteiger partial charge in [0.2, 0.25) is 5.91 Å². The van der Waals surface area contributed by atoms with E-state index in [0.29, 0.717) is 11.0 Å². The summed E-state index contributed by atoms with van der Waals surface area (Å²) in [6.07, 6.45) is 0.508. The van der Waals surface area contributed by atoms with Crippen molar-refractivity contribution in [1.29, 1.82) is 0 Å². The first kappa shape index (κ1) is 24.9. The van der Waals surface area contributed by atoms with Crippen LogP contribution in [0.4, 0.5) is 0 Å². The van der Waals surface area contributed by atoms with Crippen LogP contribution in [0.15, 0.2) is 59.6 Å². The van der Waals surface area contributed by atoms with Crippen molar-refractivity contribution in [3.63, 3.8) is 0 Å². The average Bonchev–Trinajstić information content (AvgIpc) is 3.18. The number of carboxylic acid groups (broad SMARTS) is 1. The Balaban J connectivity index is 1.91. The molecule has 1 unspecified atom stereocenters. The molecule has 3 aromatic rings. The molecule has 0 saturated heterocycles. The van der Waals surface area contributed by atoms with Crippen LogP contribution in [0.5, 0.6) is 5.75 Å². The van der Waals surface area contributed by atoms with Crippen LogP contribution in [0.25, 0.3) is 10.9 Å².